The second kappa shape index (κ2) is 9.32. The summed E-state index contributed by atoms with van der Waals surface area (Å²) in [4.78, 5) is 0. The fraction of sp³-hybridized carbons (Fsp3) is 0.462. The maximum Gasteiger partial charge on any atom is 0.188 e. The average Bonchev–Trinajstić information content (AvgIpc) is 2.35. The Kier molecular flexibility index (Phi) is 8.06. The Morgan fingerprint density at radius 1 is 1.05 bits per heavy atom. The number of hydrogen-bond acceptors (Lipinski definition) is 5. The monoisotopic (exact) mass is 437 g/mol. The molecule has 6 heteroatoms. The summed E-state index contributed by atoms with van der Waals surface area (Å²) in [7, 11) is 1.58. The molecule has 0 radical (unpaired) electrons. The van der Waals surface area contributed by atoms with Crippen molar-refractivity contribution < 1.29 is 44.7 Å². The van der Waals surface area contributed by atoms with Crippen LogP contribution in [0.15, 0.2) is 24.3 Å². The van der Waals surface area contributed by atoms with Crippen molar-refractivity contribution in [1.82, 2.24) is 0 Å². The van der Waals surface area contributed by atoms with E-state index in [0.29, 0.717) is 19.8 Å². The second-order valence-corrected chi connectivity index (χ2v) is 3.88. The van der Waals surface area contributed by atoms with E-state index >= 15 is 0 Å². The van der Waals surface area contributed by atoms with Gasteiger partial charge in [-0.05, 0) is 24.3 Å². The van der Waals surface area contributed by atoms with E-state index in [9.17, 15) is 0 Å². The molecule has 1 fully saturated rings. The molecule has 0 saturated carbocycles. The maximum absolute atomic E-state index is 5.42. The van der Waals surface area contributed by atoms with Gasteiger partial charge in [0.25, 0.3) is 0 Å². The number of ether oxygens (including phenoxy) is 5. The molecular weight excluding hydrogens is 420 g/mol. The molecule has 0 atom stereocenters. The van der Waals surface area contributed by atoms with Crippen LogP contribution in [0.25, 0.3) is 0 Å². The van der Waals surface area contributed by atoms with Crippen LogP contribution in [0.5, 0.6) is 11.5 Å². The summed E-state index contributed by atoms with van der Waals surface area (Å²) in [5.41, 5.74) is 0. The molecule has 0 spiro atoms. The Balaban J connectivity index is 0.00000180. The van der Waals surface area contributed by atoms with Crippen LogP contribution in [0.2, 0.25) is 0 Å². The molecule has 1 heterocycles. The third-order valence-electron chi connectivity index (χ3n) is 2.39. The van der Waals surface area contributed by atoms with E-state index < -0.39 is 0 Å². The van der Waals surface area contributed by atoms with E-state index in [2.05, 4.69) is 0 Å². The van der Waals surface area contributed by atoms with Crippen molar-refractivity contribution in [3.63, 3.8) is 0 Å². The molecule has 0 N–H and O–H groups in total. The Morgan fingerprint density at radius 3 is 2.11 bits per heavy atom. The minimum Gasteiger partial charge on any atom is -0.468 e. The molecule has 0 aliphatic carbocycles. The summed E-state index contributed by atoms with van der Waals surface area (Å²) in [5, 5.41) is 0. The standard InChI is InChI=1S/C13H17O5.W/c1-14-9-17-12-2-4-13(5-3-12)18-10-16-8-11-6-15-7-11;/h2-5H,6-10H2,1H3;/q-1;. The number of rotatable bonds is 8. The maximum atomic E-state index is 5.42. The Labute approximate surface area is 127 Å². The van der Waals surface area contributed by atoms with Crippen molar-refractivity contribution in [2.45, 2.75) is 0 Å². The summed E-state index contributed by atoms with van der Waals surface area (Å²) < 4.78 is 25.9. The predicted octanol–water partition coefficient (Wildman–Crippen LogP) is 1.62. The predicted molar refractivity (Wildman–Crippen MR) is 64.5 cm³/mol. The van der Waals surface area contributed by atoms with Gasteiger partial charge in [0, 0.05) is 28.2 Å². The van der Waals surface area contributed by atoms with Crippen LogP contribution in [0.4, 0.5) is 0 Å². The number of methoxy groups -OCH3 is 1. The van der Waals surface area contributed by atoms with Gasteiger partial charge in [-0.3, -0.25) is 0 Å². The van der Waals surface area contributed by atoms with Gasteiger partial charge in [0.15, 0.2) is 13.6 Å². The van der Waals surface area contributed by atoms with Crippen LogP contribution in [-0.4, -0.2) is 40.5 Å². The van der Waals surface area contributed by atoms with Crippen LogP contribution in [0.3, 0.4) is 0 Å². The average molecular weight is 437 g/mol. The van der Waals surface area contributed by atoms with E-state index in [0.717, 1.165) is 11.5 Å². The first-order valence-corrected chi connectivity index (χ1v) is 5.72. The summed E-state index contributed by atoms with van der Waals surface area (Å²) in [6.45, 7) is 2.51. The Morgan fingerprint density at radius 2 is 1.63 bits per heavy atom. The topological polar surface area (TPSA) is 46.2 Å². The fourth-order valence-corrected chi connectivity index (χ4v) is 1.38. The largest absolute Gasteiger partial charge is 0.468 e. The van der Waals surface area contributed by atoms with Gasteiger partial charge in [0.1, 0.15) is 11.5 Å². The molecule has 1 aliphatic heterocycles. The van der Waals surface area contributed by atoms with Gasteiger partial charge in [-0.15, -0.1) is 0 Å². The zero-order chi connectivity index (χ0) is 12.6. The summed E-state index contributed by atoms with van der Waals surface area (Å²) in [6.07, 6.45) is 0. The van der Waals surface area contributed by atoms with Crippen molar-refractivity contribution in [1.29, 1.82) is 0 Å². The zero-order valence-corrected chi connectivity index (χ0v) is 13.7. The second-order valence-electron chi connectivity index (χ2n) is 3.88. The summed E-state index contributed by atoms with van der Waals surface area (Å²) >= 11 is 0. The van der Waals surface area contributed by atoms with Crippen LogP contribution in [-0.2, 0) is 35.3 Å². The third-order valence-corrected chi connectivity index (χ3v) is 2.39. The Hall–Kier alpha value is -0.612. The van der Waals surface area contributed by atoms with Gasteiger partial charge in [-0.2, -0.15) is 0 Å². The molecule has 1 aromatic rings. The van der Waals surface area contributed by atoms with Crippen molar-refractivity contribution in [3.8, 4) is 11.5 Å². The minimum atomic E-state index is 0. The molecule has 1 aliphatic rings. The normalized spacial score (nSPS) is 14.4. The minimum absolute atomic E-state index is 0. The first-order chi connectivity index (χ1) is 8.88. The van der Waals surface area contributed by atoms with E-state index in [1.807, 2.05) is 24.3 Å². The molecule has 2 rings (SSSR count). The number of hydrogen-bond donors (Lipinski definition) is 0. The van der Waals surface area contributed by atoms with Crippen molar-refractivity contribution >= 4 is 0 Å². The van der Waals surface area contributed by atoms with E-state index in [4.69, 9.17) is 23.7 Å². The summed E-state index contributed by atoms with van der Waals surface area (Å²) in [6, 6.07) is 7.30. The first kappa shape index (κ1) is 16.4. The molecule has 0 bridgehead atoms. The molecule has 0 aromatic heterocycles. The number of benzene rings is 1. The van der Waals surface area contributed by atoms with Crippen molar-refractivity contribution in [3.05, 3.63) is 30.2 Å². The van der Waals surface area contributed by atoms with Crippen LogP contribution in [0, 0.1) is 5.92 Å². The smallest absolute Gasteiger partial charge is 0.188 e. The Bertz CT molecular complexity index is 339. The zero-order valence-electron chi connectivity index (χ0n) is 10.8. The van der Waals surface area contributed by atoms with Crippen molar-refractivity contribution in [2.24, 2.45) is 0 Å². The van der Waals surface area contributed by atoms with Gasteiger partial charge in [0.2, 0.25) is 0 Å². The van der Waals surface area contributed by atoms with Crippen LogP contribution >= 0.6 is 0 Å². The summed E-state index contributed by atoms with van der Waals surface area (Å²) in [5.74, 6) is 2.75. The van der Waals surface area contributed by atoms with Crippen molar-refractivity contribution in [2.75, 3.05) is 40.5 Å². The fourth-order valence-electron chi connectivity index (χ4n) is 1.38. The molecule has 106 valence electrons. The molecular formula is C13H17O5W-. The third kappa shape index (κ3) is 5.91. The molecule has 1 saturated heterocycles. The first-order valence-electron chi connectivity index (χ1n) is 5.72. The quantitative estimate of drug-likeness (QED) is 0.352. The van der Waals surface area contributed by atoms with E-state index in [1.165, 1.54) is 5.92 Å². The SMILES string of the molecule is COCOc1ccc(OCOC[C-]2COC2)cc1.[W]. The van der Waals surface area contributed by atoms with E-state index in [1.54, 1.807) is 7.11 Å². The van der Waals surface area contributed by atoms with Gasteiger partial charge in [-0.25, -0.2) is 5.92 Å². The van der Waals surface area contributed by atoms with Gasteiger partial charge in [-0.1, -0.05) is 19.8 Å². The molecule has 0 amide bonds. The molecule has 1 aromatic carbocycles. The van der Waals surface area contributed by atoms with Gasteiger partial charge >= 0.3 is 0 Å². The molecule has 5 nitrogen and oxygen atoms in total. The molecule has 0 unspecified atom stereocenters. The van der Waals surface area contributed by atoms with Crippen LogP contribution < -0.4 is 9.47 Å². The van der Waals surface area contributed by atoms with Gasteiger partial charge < -0.3 is 23.7 Å². The molecule has 19 heavy (non-hydrogen) atoms. The van der Waals surface area contributed by atoms with Crippen LogP contribution in [0.1, 0.15) is 0 Å². The van der Waals surface area contributed by atoms with E-state index in [-0.39, 0.29) is 34.7 Å². The van der Waals surface area contributed by atoms with Gasteiger partial charge in [0.05, 0.1) is 0 Å².